The molecule has 0 saturated carbocycles. The number of esters is 1. The molecule has 0 amide bonds. The van der Waals surface area contributed by atoms with Crippen molar-refractivity contribution in [3.63, 3.8) is 0 Å². The van der Waals surface area contributed by atoms with Crippen molar-refractivity contribution in [2.75, 3.05) is 43.2 Å². The van der Waals surface area contributed by atoms with Gasteiger partial charge in [-0.3, -0.25) is 4.79 Å². The van der Waals surface area contributed by atoms with E-state index in [0.717, 1.165) is 37.4 Å². The first-order valence-electron chi connectivity index (χ1n) is 12.8. The van der Waals surface area contributed by atoms with Gasteiger partial charge in [0, 0.05) is 43.0 Å². The molecule has 5 nitrogen and oxygen atoms in total. The van der Waals surface area contributed by atoms with E-state index in [9.17, 15) is 9.18 Å². The number of aryl methyl sites for hydroxylation is 1. The van der Waals surface area contributed by atoms with Crippen LogP contribution >= 0.6 is 11.6 Å². The van der Waals surface area contributed by atoms with E-state index >= 15 is 0 Å². The molecule has 0 radical (unpaired) electrons. The fraction of sp³-hybridized carbons (Fsp3) is 0.367. The van der Waals surface area contributed by atoms with Crippen molar-refractivity contribution in [3.05, 3.63) is 88.2 Å². The van der Waals surface area contributed by atoms with Crippen LogP contribution in [0.25, 0.3) is 0 Å². The number of hydrogen-bond acceptors (Lipinski definition) is 5. The summed E-state index contributed by atoms with van der Waals surface area (Å²) in [4.78, 5) is 16.1. The van der Waals surface area contributed by atoms with Crippen LogP contribution < -0.4 is 14.5 Å². The Balaban J connectivity index is 1.39. The minimum absolute atomic E-state index is 0.177. The first kappa shape index (κ1) is 26.8. The Labute approximate surface area is 223 Å². The number of carbonyl (C=O) groups is 1. The molecule has 1 aliphatic rings. The van der Waals surface area contributed by atoms with Crippen LogP contribution in [0.1, 0.15) is 36.5 Å². The smallest absolute Gasteiger partial charge is 0.306 e. The zero-order valence-corrected chi connectivity index (χ0v) is 22.3. The molecular weight excluding hydrogens is 491 g/mol. The second-order valence-corrected chi connectivity index (χ2v) is 9.68. The molecule has 0 aliphatic carbocycles. The molecule has 1 aliphatic heterocycles. The maximum atomic E-state index is 14.8. The van der Waals surface area contributed by atoms with Gasteiger partial charge in [-0.25, -0.2) is 4.39 Å². The fourth-order valence-corrected chi connectivity index (χ4v) is 4.96. The lowest BCUT2D eigenvalue weighted by molar-refractivity contribution is -0.143. The summed E-state index contributed by atoms with van der Waals surface area (Å²) < 4.78 is 25.6. The topological polar surface area (TPSA) is 42.0 Å². The Bertz CT molecular complexity index is 1220. The van der Waals surface area contributed by atoms with Crippen molar-refractivity contribution >= 4 is 28.9 Å². The fourth-order valence-electron chi connectivity index (χ4n) is 4.78. The Morgan fingerprint density at radius 2 is 1.95 bits per heavy atom. The second-order valence-electron chi connectivity index (χ2n) is 9.25. The Kier molecular flexibility index (Phi) is 9.29. The third kappa shape index (κ3) is 7.16. The highest BCUT2D eigenvalue weighted by molar-refractivity contribution is 6.30. The van der Waals surface area contributed by atoms with E-state index in [-0.39, 0.29) is 18.2 Å². The van der Waals surface area contributed by atoms with Crippen molar-refractivity contribution in [1.82, 2.24) is 0 Å². The predicted molar refractivity (Wildman–Crippen MR) is 147 cm³/mol. The summed E-state index contributed by atoms with van der Waals surface area (Å²) >= 11 is 6.06. The lowest BCUT2D eigenvalue weighted by Crippen LogP contribution is -2.34. The van der Waals surface area contributed by atoms with Gasteiger partial charge in [0.05, 0.1) is 13.2 Å². The first-order chi connectivity index (χ1) is 17.9. The molecule has 3 aromatic carbocycles. The van der Waals surface area contributed by atoms with Gasteiger partial charge in [-0.1, -0.05) is 35.9 Å². The number of nitrogens with zero attached hydrogens (tertiary/aromatic N) is 2. The number of rotatable bonds is 11. The number of benzene rings is 3. The number of anilines is 2. The summed E-state index contributed by atoms with van der Waals surface area (Å²) in [5.74, 6) is 0.177. The number of carbonyl (C=O) groups excluding carboxylic acids is 1. The van der Waals surface area contributed by atoms with E-state index in [4.69, 9.17) is 21.1 Å². The molecule has 0 fully saturated rings. The number of halogens is 2. The molecule has 0 N–H and O–H groups in total. The molecular formula is C30H34ClFN2O3. The van der Waals surface area contributed by atoms with Gasteiger partial charge in [-0.2, -0.15) is 0 Å². The molecule has 0 unspecified atom stereocenters. The molecule has 0 bridgehead atoms. The van der Waals surface area contributed by atoms with E-state index in [1.165, 1.54) is 16.8 Å². The third-order valence-corrected chi connectivity index (χ3v) is 6.89. The van der Waals surface area contributed by atoms with E-state index in [2.05, 4.69) is 28.0 Å². The van der Waals surface area contributed by atoms with Crippen molar-refractivity contribution in [2.24, 2.45) is 0 Å². The highest BCUT2D eigenvalue weighted by Crippen LogP contribution is 2.31. The maximum Gasteiger partial charge on any atom is 0.306 e. The number of fused-ring (bicyclic) bond motifs is 1. The molecule has 4 rings (SSSR count). The summed E-state index contributed by atoms with van der Waals surface area (Å²) in [7, 11) is 1.98. The molecule has 0 atom stereocenters. The average Bonchev–Trinajstić information content (AvgIpc) is 2.88. The van der Waals surface area contributed by atoms with Crippen LogP contribution in [0.4, 0.5) is 15.8 Å². The minimum atomic E-state index is -0.304. The Hall–Kier alpha value is -3.25. The van der Waals surface area contributed by atoms with Gasteiger partial charge in [-0.05, 0) is 79.3 Å². The molecule has 3 aromatic rings. The van der Waals surface area contributed by atoms with E-state index in [1.54, 1.807) is 19.1 Å². The lowest BCUT2D eigenvalue weighted by Gasteiger charge is -2.33. The van der Waals surface area contributed by atoms with E-state index < -0.39 is 0 Å². The molecule has 0 saturated heterocycles. The highest BCUT2D eigenvalue weighted by Gasteiger charge is 2.20. The molecule has 0 spiro atoms. The van der Waals surface area contributed by atoms with Gasteiger partial charge < -0.3 is 19.3 Å². The van der Waals surface area contributed by atoms with Crippen LogP contribution in [0.5, 0.6) is 5.75 Å². The van der Waals surface area contributed by atoms with Gasteiger partial charge in [0.15, 0.2) is 0 Å². The summed E-state index contributed by atoms with van der Waals surface area (Å²) in [5.41, 5.74) is 5.16. The zero-order chi connectivity index (χ0) is 26.2. The standard InChI is InChI=1S/C30H34ClFN2O3/c1-3-36-30(35)15-13-22-12-14-25(20-28(22)32)33(2)21-23-7-4-11-29-27(23)10-6-16-34(29)17-18-37-26-9-5-8-24(31)19-26/h4-5,7-9,11-12,14,19-20H,3,6,10,13,15-18,21H2,1-2H3. The van der Waals surface area contributed by atoms with E-state index in [1.807, 2.05) is 37.4 Å². The molecule has 37 heavy (non-hydrogen) atoms. The third-order valence-electron chi connectivity index (χ3n) is 6.66. The Morgan fingerprint density at radius 3 is 2.73 bits per heavy atom. The summed E-state index contributed by atoms with van der Waals surface area (Å²) in [6.07, 6.45) is 2.61. The normalized spacial score (nSPS) is 12.7. The number of hydrogen-bond donors (Lipinski definition) is 0. The summed E-state index contributed by atoms with van der Waals surface area (Å²) in [5, 5.41) is 0.667. The largest absolute Gasteiger partial charge is 0.492 e. The van der Waals surface area contributed by atoms with Crippen LogP contribution in [-0.2, 0) is 28.9 Å². The monoisotopic (exact) mass is 524 g/mol. The summed E-state index contributed by atoms with van der Waals surface area (Å²) in [6, 6.07) is 19.1. The Morgan fingerprint density at radius 1 is 1.11 bits per heavy atom. The minimum Gasteiger partial charge on any atom is -0.492 e. The van der Waals surface area contributed by atoms with Crippen molar-refractivity contribution in [1.29, 1.82) is 0 Å². The van der Waals surface area contributed by atoms with Crippen molar-refractivity contribution in [3.8, 4) is 5.75 Å². The second kappa shape index (κ2) is 12.8. The molecule has 7 heteroatoms. The average molecular weight is 525 g/mol. The zero-order valence-electron chi connectivity index (χ0n) is 21.5. The number of ether oxygens (including phenoxy) is 2. The first-order valence-corrected chi connectivity index (χ1v) is 13.2. The lowest BCUT2D eigenvalue weighted by atomic mass is 9.95. The highest BCUT2D eigenvalue weighted by atomic mass is 35.5. The van der Waals surface area contributed by atoms with Crippen LogP contribution in [0, 0.1) is 5.82 Å². The SMILES string of the molecule is CCOC(=O)CCc1ccc(N(C)Cc2cccc3c2CCCN3CCOc2cccc(Cl)c2)cc1F. The van der Waals surface area contributed by atoms with Crippen LogP contribution in [0.15, 0.2) is 60.7 Å². The van der Waals surface area contributed by atoms with E-state index in [0.29, 0.717) is 36.8 Å². The summed E-state index contributed by atoms with van der Waals surface area (Å²) in [6.45, 7) is 5.13. The van der Waals surface area contributed by atoms with Gasteiger partial charge in [0.2, 0.25) is 0 Å². The van der Waals surface area contributed by atoms with Crippen LogP contribution in [0.2, 0.25) is 5.02 Å². The van der Waals surface area contributed by atoms with Crippen LogP contribution in [-0.4, -0.2) is 39.3 Å². The predicted octanol–water partition coefficient (Wildman–Crippen LogP) is 6.44. The van der Waals surface area contributed by atoms with Gasteiger partial charge >= 0.3 is 5.97 Å². The maximum absolute atomic E-state index is 14.8. The van der Waals surface area contributed by atoms with Gasteiger partial charge in [0.25, 0.3) is 0 Å². The van der Waals surface area contributed by atoms with Gasteiger partial charge in [0.1, 0.15) is 18.2 Å². The molecule has 1 heterocycles. The molecule has 196 valence electrons. The van der Waals surface area contributed by atoms with Crippen molar-refractivity contribution in [2.45, 2.75) is 39.2 Å². The van der Waals surface area contributed by atoms with Crippen molar-refractivity contribution < 1.29 is 18.7 Å². The van der Waals surface area contributed by atoms with Gasteiger partial charge in [-0.15, -0.1) is 0 Å². The van der Waals surface area contributed by atoms with Crippen LogP contribution in [0.3, 0.4) is 0 Å². The quantitative estimate of drug-likeness (QED) is 0.270. The molecule has 0 aromatic heterocycles.